The second-order valence-electron chi connectivity index (χ2n) is 7.18. The Bertz CT molecular complexity index is 1260. The van der Waals surface area contributed by atoms with Crippen LogP contribution in [0.4, 0.5) is 16.0 Å². The van der Waals surface area contributed by atoms with Crippen LogP contribution in [0.1, 0.15) is 37.6 Å². The highest BCUT2D eigenvalue weighted by Crippen LogP contribution is 2.31. The molecule has 3 N–H and O–H groups in total. The van der Waals surface area contributed by atoms with E-state index >= 15 is 0 Å². The summed E-state index contributed by atoms with van der Waals surface area (Å²) in [5.74, 6) is 0.560. The Balaban J connectivity index is 0.00000306. The van der Waals surface area contributed by atoms with E-state index in [1.165, 1.54) is 12.1 Å². The first-order chi connectivity index (χ1) is 15.5. The van der Waals surface area contributed by atoms with E-state index < -0.39 is 0 Å². The van der Waals surface area contributed by atoms with Gasteiger partial charge in [0.15, 0.2) is 11.5 Å². The number of halogens is 1. The molecule has 1 atom stereocenters. The second-order valence-corrected chi connectivity index (χ2v) is 7.18. The van der Waals surface area contributed by atoms with Crippen molar-refractivity contribution in [2.75, 3.05) is 17.7 Å². The fourth-order valence-corrected chi connectivity index (χ4v) is 3.26. The number of nitrogens with zero attached hydrogens (tertiary/aromatic N) is 5. The van der Waals surface area contributed by atoms with Crippen molar-refractivity contribution in [3.05, 3.63) is 72.3 Å². The van der Waals surface area contributed by atoms with Crippen LogP contribution in [0.15, 0.2) is 60.9 Å². The largest absolute Gasteiger partial charge is 0.459 e. The molecule has 4 aromatic rings. The standard InChI is InChI=1S/C23H24FN7O.4H2/c1-3-4-5-13-32-23-28-18(20-21(25)30-31-12-6-11-26-22(20)31)14-19(29-23)27-15(2)16-7-9-17(24)10-8-16;;;;/h4-12,14-15H,3,13H2,1-2H3,(H2,25,30)(H,27,28,29);4*1H/b5-4-;;;;/t15-;;;;/m0..../s1. The van der Waals surface area contributed by atoms with Gasteiger partial charge < -0.3 is 15.8 Å². The van der Waals surface area contributed by atoms with Crippen LogP contribution >= 0.6 is 0 Å². The SMILES string of the molecule is CC/C=C\COc1nc(N[C@@H](C)c2ccc(F)cc2)cc(-c2c(N)nn3cccnc23)n1.[HH].[HH].[HH].[HH]. The summed E-state index contributed by atoms with van der Waals surface area (Å²) in [6, 6.07) is 9.94. The van der Waals surface area contributed by atoms with Gasteiger partial charge in [-0.05, 0) is 37.1 Å². The fourth-order valence-electron chi connectivity index (χ4n) is 3.26. The Hall–Kier alpha value is -4.01. The van der Waals surface area contributed by atoms with Gasteiger partial charge in [-0.1, -0.05) is 31.2 Å². The maximum Gasteiger partial charge on any atom is 0.319 e. The number of rotatable bonds is 8. The van der Waals surface area contributed by atoms with Gasteiger partial charge in [0.25, 0.3) is 0 Å². The number of anilines is 2. The lowest BCUT2D eigenvalue weighted by atomic mass is 10.1. The maximum absolute atomic E-state index is 13.3. The molecule has 0 bridgehead atoms. The van der Waals surface area contributed by atoms with Gasteiger partial charge in [0, 0.05) is 30.2 Å². The molecule has 0 saturated carbocycles. The van der Waals surface area contributed by atoms with Gasteiger partial charge in [0.05, 0.1) is 11.3 Å². The number of aromatic nitrogens is 5. The minimum absolute atomic E-state index is 0. The Labute approximate surface area is 190 Å². The van der Waals surface area contributed by atoms with E-state index in [-0.39, 0.29) is 23.6 Å². The van der Waals surface area contributed by atoms with E-state index in [1.54, 1.807) is 41.2 Å². The molecular formula is C23H32FN7O. The number of hydrogen-bond donors (Lipinski definition) is 2. The van der Waals surface area contributed by atoms with Crippen molar-refractivity contribution in [1.82, 2.24) is 24.6 Å². The first-order valence-electron chi connectivity index (χ1n) is 10.3. The molecule has 0 aliphatic carbocycles. The highest BCUT2D eigenvalue weighted by atomic mass is 19.1. The first-order valence-corrected chi connectivity index (χ1v) is 10.3. The van der Waals surface area contributed by atoms with E-state index in [2.05, 4.69) is 25.4 Å². The van der Waals surface area contributed by atoms with Gasteiger partial charge in [-0.2, -0.15) is 9.97 Å². The van der Waals surface area contributed by atoms with Gasteiger partial charge in [0.1, 0.15) is 18.2 Å². The van der Waals surface area contributed by atoms with Crippen molar-refractivity contribution in [2.45, 2.75) is 26.3 Å². The monoisotopic (exact) mass is 441 g/mol. The lowest BCUT2D eigenvalue weighted by Gasteiger charge is -2.16. The molecule has 4 rings (SSSR count). The molecule has 0 spiro atoms. The quantitative estimate of drug-likeness (QED) is 0.352. The van der Waals surface area contributed by atoms with Crippen molar-refractivity contribution >= 4 is 17.3 Å². The molecule has 0 aliphatic heterocycles. The predicted octanol–water partition coefficient (Wildman–Crippen LogP) is 5.41. The van der Waals surface area contributed by atoms with Gasteiger partial charge in [-0.15, -0.1) is 5.10 Å². The minimum Gasteiger partial charge on any atom is -0.459 e. The van der Waals surface area contributed by atoms with Crippen LogP contribution in [0.2, 0.25) is 0 Å². The molecule has 3 heterocycles. The first kappa shape index (κ1) is 21.2. The Morgan fingerprint density at radius 1 is 1.25 bits per heavy atom. The molecule has 0 aliphatic rings. The fraction of sp³-hybridized carbons (Fsp3) is 0.217. The third kappa shape index (κ3) is 4.66. The molecule has 0 amide bonds. The average Bonchev–Trinajstić information content (AvgIpc) is 3.12. The molecule has 172 valence electrons. The molecule has 8 nitrogen and oxygen atoms in total. The summed E-state index contributed by atoms with van der Waals surface area (Å²) in [5.41, 5.74) is 8.82. The van der Waals surface area contributed by atoms with E-state index in [0.29, 0.717) is 35.1 Å². The van der Waals surface area contributed by atoms with Crippen LogP contribution < -0.4 is 15.8 Å². The lowest BCUT2D eigenvalue weighted by Crippen LogP contribution is -2.10. The Morgan fingerprint density at radius 2 is 2.06 bits per heavy atom. The van der Waals surface area contributed by atoms with Gasteiger partial charge in [-0.3, -0.25) is 0 Å². The van der Waals surface area contributed by atoms with Crippen molar-refractivity contribution in [3.8, 4) is 17.3 Å². The number of nitrogen functional groups attached to an aromatic ring is 1. The smallest absolute Gasteiger partial charge is 0.319 e. The summed E-state index contributed by atoms with van der Waals surface area (Å²) in [7, 11) is 0. The maximum atomic E-state index is 13.3. The molecule has 3 aromatic heterocycles. The van der Waals surface area contributed by atoms with Crippen molar-refractivity contribution in [2.24, 2.45) is 0 Å². The minimum atomic E-state index is -0.280. The molecule has 32 heavy (non-hydrogen) atoms. The van der Waals surface area contributed by atoms with Crippen LogP contribution in [0.25, 0.3) is 16.9 Å². The summed E-state index contributed by atoms with van der Waals surface area (Å²) in [5, 5.41) is 7.65. The number of hydrogen-bond acceptors (Lipinski definition) is 7. The van der Waals surface area contributed by atoms with Gasteiger partial charge >= 0.3 is 6.01 Å². The molecular weight excluding hydrogens is 409 g/mol. The van der Waals surface area contributed by atoms with Crippen LogP contribution in [-0.4, -0.2) is 31.2 Å². The molecule has 0 saturated heterocycles. The number of benzene rings is 1. The molecule has 0 fully saturated rings. The summed E-state index contributed by atoms with van der Waals surface area (Å²) >= 11 is 0. The van der Waals surface area contributed by atoms with Crippen LogP contribution in [0, 0.1) is 5.82 Å². The van der Waals surface area contributed by atoms with Crippen LogP contribution in [0.5, 0.6) is 6.01 Å². The average molecular weight is 442 g/mol. The predicted molar refractivity (Wildman–Crippen MR) is 130 cm³/mol. The van der Waals surface area contributed by atoms with E-state index in [4.69, 9.17) is 10.5 Å². The number of ether oxygens (including phenoxy) is 1. The van der Waals surface area contributed by atoms with E-state index in [0.717, 1.165) is 12.0 Å². The highest BCUT2D eigenvalue weighted by Gasteiger charge is 2.18. The molecule has 9 heteroatoms. The summed E-state index contributed by atoms with van der Waals surface area (Å²) in [6.45, 7) is 4.35. The third-order valence-corrected chi connectivity index (χ3v) is 4.83. The molecule has 0 radical (unpaired) electrons. The summed E-state index contributed by atoms with van der Waals surface area (Å²) < 4.78 is 20.6. The Morgan fingerprint density at radius 3 is 2.84 bits per heavy atom. The molecule has 0 unspecified atom stereocenters. The van der Waals surface area contributed by atoms with Crippen molar-refractivity contribution < 1.29 is 14.8 Å². The van der Waals surface area contributed by atoms with Crippen molar-refractivity contribution in [3.63, 3.8) is 0 Å². The van der Waals surface area contributed by atoms with Crippen LogP contribution in [0.3, 0.4) is 0 Å². The zero-order valence-corrected chi connectivity index (χ0v) is 17.9. The number of nitrogens with one attached hydrogen (secondary N) is 1. The highest BCUT2D eigenvalue weighted by molar-refractivity contribution is 5.85. The van der Waals surface area contributed by atoms with Crippen LogP contribution in [-0.2, 0) is 0 Å². The number of nitrogens with two attached hydrogens (primary N) is 1. The zero-order chi connectivity index (χ0) is 22.5. The van der Waals surface area contributed by atoms with E-state index in [9.17, 15) is 4.39 Å². The zero-order valence-electron chi connectivity index (χ0n) is 17.9. The third-order valence-electron chi connectivity index (χ3n) is 4.83. The lowest BCUT2D eigenvalue weighted by molar-refractivity contribution is 0.333. The number of allylic oxidation sites excluding steroid dienone is 1. The molecule has 1 aromatic carbocycles. The van der Waals surface area contributed by atoms with Crippen molar-refractivity contribution in [1.29, 1.82) is 0 Å². The topological polar surface area (TPSA) is 103 Å². The normalized spacial score (nSPS) is 12.3. The summed E-state index contributed by atoms with van der Waals surface area (Å²) in [4.78, 5) is 13.4. The Kier molecular flexibility index (Phi) is 6.25. The summed E-state index contributed by atoms with van der Waals surface area (Å²) in [6.07, 6.45) is 8.27. The van der Waals surface area contributed by atoms with E-state index in [1.807, 2.05) is 26.0 Å². The van der Waals surface area contributed by atoms with Gasteiger partial charge in [-0.25, -0.2) is 13.9 Å². The van der Waals surface area contributed by atoms with Gasteiger partial charge in [0.2, 0.25) is 0 Å². The number of fused-ring (bicyclic) bond motifs is 1. The second kappa shape index (κ2) is 9.42.